The van der Waals surface area contributed by atoms with Crippen LogP contribution in [-0.4, -0.2) is 11.7 Å². The lowest BCUT2D eigenvalue weighted by Gasteiger charge is -2.05. The molecule has 0 spiro atoms. The van der Waals surface area contributed by atoms with Crippen molar-refractivity contribution in [2.75, 3.05) is 6.61 Å². The molecule has 0 amide bonds. The molecule has 11 heavy (non-hydrogen) atoms. The van der Waals surface area contributed by atoms with Crippen molar-refractivity contribution in [3.05, 3.63) is 20.8 Å². The van der Waals surface area contributed by atoms with Crippen LogP contribution in [0.15, 0.2) is 15.2 Å². The van der Waals surface area contributed by atoms with Gasteiger partial charge in [-0.2, -0.15) is 11.3 Å². The Hall–Kier alpha value is 0.140. The van der Waals surface area contributed by atoms with E-state index in [9.17, 15) is 0 Å². The van der Waals surface area contributed by atoms with Gasteiger partial charge in [0.05, 0.1) is 0 Å². The summed E-state index contributed by atoms with van der Waals surface area (Å²) in [7, 11) is 0. The van der Waals surface area contributed by atoms with Gasteiger partial charge in [-0.1, -0.05) is 6.92 Å². The minimum Gasteiger partial charge on any atom is -0.396 e. The highest BCUT2D eigenvalue weighted by molar-refractivity contribution is 9.10. The lowest BCUT2D eigenvalue weighted by Crippen LogP contribution is -2.03. The zero-order valence-corrected chi connectivity index (χ0v) is 8.78. The topological polar surface area (TPSA) is 20.2 Å². The van der Waals surface area contributed by atoms with Crippen molar-refractivity contribution in [2.24, 2.45) is 5.92 Å². The summed E-state index contributed by atoms with van der Waals surface area (Å²) in [5.74, 6) is 0.362. The summed E-state index contributed by atoms with van der Waals surface area (Å²) in [5.41, 5.74) is 1.30. The molecule has 0 saturated carbocycles. The smallest absolute Gasteiger partial charge is 0.0459 e. The summed E-state index contributed by atoms with van der Waals surface area (Å²) in [6.07, 6.45) is 0.959. The van der Waals surface area contributed by atoms with Crippen LogP contribution < -0.4 is 0 Å². The summed E-state index contributed by atoms with van der Waals surface area (Å²) in [6, 6.07) is 0. The summed E-state index contributed by atoms with van der Waals surface area (Å²) < 4.78 is 1.17. The van der Waals surface area contributed by atoms with E-state index in [1.165, 1.54) is 10.0 Å². The van der Waals surface area contributed by atoms with Crippen molar-refractivity contribution in [2.45, 2.75) is 13.3 Å². The summed E-state index contributed by atoms with van der Waals surface area (Å²) in [4.78, 5) is 0. The van der Waals surface area contributed by atoms with Gasteiger partial charge in [-0.05, 0) is 39.2 Å². The molecule has 1 unspecified atom stereocenters. The highest BCUT2D eigenvalue weighted by Crippen LogP contribution is 2.23. The average Bonchev–Trinajstić information content (AvgIpc) is 2.37. The molecule has 3 heteroatoms. The fourth-order valence-corrected chi connectivity index (χ4v) is 2.37. The summed E-state index contributed by atoms with van der Waals surface area (Å²) in [5, 5.41) is 13.0. The number of halogens is 1. The minimum atomic E-state index is 0.266. The summed E-state index contributed by atoms with van der Waals surface area (Å²) >= 11 is 5.14. The molecular weight excluding hydrogens is 224 g/mol. The number of rotatable bonds is 3. The Kier molecular flexibility index (Phi) is 3.55. The molecule has 0 aliphatic heterocycles. The highest BCUT2D eigenvalue weighted by atomic mass is 79.9. The average molecular weight is 235 g/mol. The molecule has 1 atom stereocenters. The van der Waals surface area contributed by atoms with Crippen LogP contribution in [0, 0.1) is 5.92 Å². The van der Waals surface area contributed by atoms with Crippen molar-refractivity contribution in [3.63, 3.8) is 0 Å². The fraction of sp³-hybridized carbons (Fsp3) is 0.500. The SMILES string of the molecule is CC(CO)Cc1cscc1Br. The molecule has 0 fully saturated rings. The van der Waals surface area contributed by atoms with E-state index < -0.39 is 0 Å². The van der Waals surface area contributed by atoms with Crippen LogP contribution in [-0.2, 0) is 6.42 Å². The van der Waals surface area contributed by atoms with Gasteiger partial charge >= 0.3 is 0 Å². The maximum absolute atomic E-state index is 8.81. The van der Waals surface area contributed by atoms with E-state index in [0.29, 0.717) is 5.92 Å². The van der Waals surface area contributed by atoms with Crippen molar-refractivity contribution in [1.29, 1.82) is 0 Å². The van der Waals surface area contributed by atoms with E-state index in [0.717, 1.165) is 6.42 Å². The second-order valence-corrected chi connectivity index (χ2v) is 4.33. The van der Waals surface area contributed by atoms with Crippen LogP contribution in [0.5, 0.6) is 0 Å². The van der Waals surface area contributed by atoms with Crippen molar-refractivity contribution >= 4 is 27.3 Å². The first-order valence-electron chi connectivity index (χ1n) is 3.55. The van der Waals surface area contributed by atoms with E-state index in [1.54, 1.807) is 11.3 Å². The van der Waals surface area contributed by atoms with Crippen LogP contribution in [0.4, 0.5) is 0 Å². The molecule has 0 saturated heterocycles. The van der Waals surface area contributed by atoms with E-state index in [4.69, 9.17) is 5.11 Å². The molecular formula is C8H11BrOS. The second-order valence-electron chi connectivity index (χ2n) is 2.74. The Morgan fingerprint density at radius 2 is 2.36 bits per heavy atom. The Balaban J connectivity index is 2.56. The molecule has 1 heterocycles. The van der Waals surface area contributed by atoms with E-state index in [1.807, 2.05) is 6.92 Å². The van der Waals surface area contributed by atoms with Crippen LogP contribution in [0.2, 0.25) is 0 Å². The molecule has 1 aromatic rings. The molecule has 1 nitrogen and oxygen atoms in total. The Bertz CT molecular complexity index is 222. The van der Waals surface area contributed by atoms with Gasteiger partial charge in [-0.3, -0.25) is 0 Å². The zero-order valence-electron chi connectivity index (χ0n) is 6.38. The number of aliphatic hydroxyl groups excluding tert-OH is 1. The van der Waals surface area contributed by atoms with Crippen molar-refractivity contribution in [1.82, 2.24) is 0 Å². The second kappa shape index (κ2) is 4.24. The highest BCUT2D eigenvalue weighted by Gasteiger charge is 2.05. The largest absolute Gasteiger partial charge is 0.396 e. The lowest BCUT2D eigenvalue weighted by molar-refractivity contribution is 0.237. The molecule has 0 aliphatic carbocycles. The number of aliphatic hydroxyl groups is 1. The van der Waals surface area contributed by atoms with Gasteiger partial charge < -0.3 is 5.11 Å². The van der Waals surface area contributed by atoms with Gasteiger partial charge in [0, 0.05) is 16.5 Å². The van der Waals surface area contributed by atoms with Gasteiger partial charge in [0.1, 0.15) is 0 Å². The van der Waals surface area contributed by atoms with Gasteiger partial charge in [-0.15, -0.1) is 0 Å². The third-order valence-corrected chi connectivity index (χ3v) is 3.40. The molecule has 0 bridgehead atoms. The maximum atomic E-state index is 8.81. The molecule has 0 aliphatic rings. The van der Waals surface area contributed by atoms with Gasteiger partial charge in [0.25, 0.3) is 0 Å². The molecule has 62 valence electrons. The van der Waals surface area contributed by atoms with E-state index in [-0.39, 0.29) is 6.61 Å². The van der Waals surface area contributed by atoms with Crippen LogP contribution in [0.3, 0.4) is 0 Å². The minimum absolute atomic E-state index is 0.266. The monoisotopic (exact) mass is 234 g/mol. The van der Waals surface area contributed by atoms with Crippen LogP contribution >= 0.6 is 27.3 Å². The number of thiophene rings is 1. The third-order valence-electron chi connectivity index (χ3n) is 1.57. The molecule has 0 aromatic carbocycles. The van der Waals surface area contributed by atoms with E-state index >= 15 is 0 Å². The zero-order chi connectivity index (χ0) is 8.27. The number of hydrogen-bond donors (Lipinski definition) is 1. The lowest BCUT2D eigenvalue weighted by atomic mass is 10.1. The molecule has 0 radical (unpaired) electrons. The van der Waals surface area contributed by atoms with E-state index in [2.05, 4.69) is 26.7 Å². The molecule has 1 N–H and O–H groups in total. The Morgan fingerprint density at radius 1 is 1.64 bits per heavy atom. The van der Waals surface area contributed by atoms with Crippen molar-refractivity contribution < 1.29 is 5.11 Å². The molecule has 1 aromatic heterocycles. The first-order valence-corrected chi connectivity index (χ1v) is 5.29. The van der Waals surface area contributed by atoms with Crippen molar-refractivity contribution in [3.8, 4) is 0 Å². The first kappa shape index (κ1) is 9.23. The predicted molar refractivity (Wildman–Crippen MR) is 52.0 cm³/mol. The Labute approximate surface area is 79.2 Å². The third kappa shape index (κ3) is 2.58. The normalized spacial score (nSPS) is 13.4. The maximum Gasteiger partial charge on any atom is 0.0459 e. The molecule has 1 rings (SSSR count). The fourth-order valence-electron chi connectivity index (χ4n) is 0.893. The standard InChI is InChI=1S/C8H11BrOS/c1-6(3-10)2-7-4-11-5-8(7)9/h4-6,10H,2-3H2,1H3. The quantitative estimate of drug-likeness (QED) is 0.853. The summed E-state index contributed by atoms with van der Waals surface area (Å²) in [6.45, 7) is 2.31. The van der Waals surface area contributed by atoms with Gasteiger partial charge in [0.15, 0.2) is 0 Å². The Morgan fingerprint density at radius 3 is 2.82 bits per heavy atom. The van der Waals surface area contributed by atoms with Gasteiger partial charge in [0.2, 0.25) is 0 Å². The van der Waals surface area contributed by atoms with Gasteiger partial charge in [-0.25, -0.2) is 0 Å². The van der Waals surface area contributed by atoms with Crippen LogP contribution in [0.25, 0.3) is 0 Å². The number of hydrogen-bond acceptors (Lipinski definition) is 2. The van der Waals surface area contributed by atoms with Crippen LogP contribution in [0.1, 0.15) is 12.5 Å². The predicted octanol–water partition coefficient (Wildman–Crippen LogP) is 2.68. The first-order chi connectivity index (χ1) is 5.24.